The van der Waals surface area contributed by atoms with Crippen LogP contribution in [-0.2, 0) is 24.2 Å². The van der Waals surface area contributed by atoms with Gasteiger partial charge in [-0.1, -0.05) is 168 Å². The number of hydrogen-bond acceptors (Lipinski definition) is 9. The number of carbonyl (C=O) groups is 2. The zero-order chi connectivity index (χ0) is 37.9. The lowest BCUT2D eigenvalue weighted by molar-refractivity contribution is -0.229. The van der Waals surface area contributed by atoms with Crippen molar-refractivity contribution in [3.63, 3.8) is 0 Å². The van der Waals surface area contributed by atoms with Gasteiger partial charge in [-0.3, -0.25) is 13.8 Å². The van der Waals surface area contributed by atoms with E-state index >= 15 is 0 Å². The normalized spacial score (nSPS) is 16.1. The summed E-state index contributed by atoms with van der Waals surface area (Å²) in [4.78, 5) is 27.1. The Balaban J connectivity index is 0. The molecule has 7 N–H and O–H groups in total. The second-order valence-electron chi connectivity index (χ2n) is 15.3. The molecule has 0 heterocycles. The minimum atomic E-state index is -5.35. The van der Waals surface area contributed by atoms with Gasteiger partial charge in [-0.05, 0) is 33.6 Å². The van der Waals surface area contributed by atoms with Gasteiger partial charge in [0.1, 0.15) is 11.2 Å². The topological polar surface area (TPSA) is 198 Å². The molecule has 0 saturated carbocycles. The Labute approximate surface area is 313 Å². The molecule has 3 atom stereocenters. The van der Waals surface area contributed by atoms with Crippen molar-refractivity contribution >= 4 is 22.0 Å². The predicted octanol–water partition coefficient (Wildman–Crippen LogP) is 9.81. The number of hydrogen-bond donors (Lipinski definition) is 4. The third-order valence-corrected chi connectivity index (χ3v) is 11.4. The van der Waals surface area contributed by atoms with Crippen LogP contribution in [-0.4, -0.2) is 63.8 Å². The monoisotopic (exact) mass is 752 g/mol. The van der Waals surface area contributed by atoms with Gasteiger partial charge in [-0.2, -0.15) is 0 Å². The number of aliphatic hydroxyl groups excluding tert-OH is 1. The average molecular weight is 752 g/mol. The lowest BCUT2D eigenvalue weighted by atomic mass is 9.56. The van der Waals surface area contributed by atoms with E-state index in [1.54, 1.807) is 0 Å². The Morgan fingerprint density at radius 2 is 0.804 bits per heavy atom. The van der Waals surface area contributed by atoms with Crippen LogP contribution >= 0.6 is 0 Å². The Kier molecular flexibility index (Phi) is 30.1. The minimum absolute atomic E-state index is 0. The van der Waals surface area contributed by atoms with Crippen molar-refractivity contribution < 1.29 is 42.1 Å². The first-order chi connectivity index (χ1) is 23.6. The predicted molar refractivity (Wildman–Crippen MR) is 208 cm³/mol. The zero-order valence-electron chi connectivity index (χ0n) is 33.8. The van der Waals surface area contributed by atoms with Gasteiger partial charge in [-0.15, -0.1) is 0 Å². The molecule has 0 aliphatic rings. The van der Waals surface area contributed by atoms with Gasteiger partial charge in [0.2, 0.25) is 10.4 Å². The van der Waals surface area contributed by atoms with E-state index in [1.165, 1.54) is 103 Å². The zero-order valence-corrected chi connectivity index (χ0v) is 34.6. The number of rotatable bonds is 36. The van der Waals surface area contributed by atoms with E-state index in [0.717, 1.165) is 72.1 Å². The molecule has 11 heteroatoms. The fraction of sp³-hybridized carbons (Fsp3) is 0.950. The third kappa shape index (κ3) is 20.9. The Morgan fingerprint density at radius 3 is 1.02 bits per heavy atom. The molecule has 0 rings (SSSR count). The maximum absolute atomic E-state index is 13.5. The highest BCUT2D eigenvalue weighted by molar-refractivity contribution is 7.80. The standard InChI is InChI=1S/C40H78O9S.H3N/c1-6-8-10-12-14-16-18-20-22-24-26-28-30-32-36(42)38(4,44)40(35(3)41,34-49-50(46,47)48)39(5,45)37(43)33-31-29-27-25-23-21-19-17-15-13-11-9-7-2;/h35,41,44-45H,6-34H2,1-5H3,(H,46,47,48);1H3. The van der Waals surface area contributed by atoms with Crippen LogP contribution in [0.5, 0.6) is 0 Å². The Morgan fingerprint density at radius 1 is 0.569 bits per heavy atom. The van der Waals surface area contributed by atoms with Crippen molar-refractivity contribution in [3.8, 4) is 0 Å². The molecule has 0 aromatic carbocycles. The van der Waals surface area contributed by atoms with Crippen LogP contribution in [0.4, 0.5) is 0 Å². The van der Waals surface area contributed by atoms with Crippen LogP contribution in [0.1, 0.15) is 214 Å². The van der Waals surface area contributed by atoms with E-state index in [9.17, 15) is 37.9 Å². The van der Waals surface area contributed by atoms with E-state index in [0.29, 0.717) is 12.8 Å². The van der Waals surface area contributed by atoms with Crippen molar-refractivity contribution in [2.45, 2.75) is 232 Å². The van der Waals surface area contributed by atoms with Crippen molar-refractivity contribution in [1.29, 1.82) is 0 Å². The molecule has 3 unspecified atom stereocenters. The lowest BCUT2D eigenvalue weighted by Crippen LogP contribution is -2.72. The van der Waals surface area contributed by atoms with E-state index in [1.807, 2.05) is 0 Å². The summed E-state index contributed by atoms with van der Waals surface area (Å²) in [6.07, 6.45) is 26.8. The van der Waals surface area contributed by atoms with Crippen LogP contribution in [0.2, 0.25) is 0 Å². The second kappa shape index (κ2) is 29.4. The van der Waals surface area contributed by atoms with E-state index in [4.69, 9.17) is 0 Å². The number of unbranched alkanes of at least 4 members (excludes halogenated alkanes) is 24. The van der Waals surface area contributed by atoms with Gasteiger partial charge in [0.25, 0.3) is 0 Å². The summed E-state index contributed by atoms with van der Waals surface area (Å²) in [6, 6.07) is 0. The van der Waals surface area contributed by atoms with E-state index in [-0.39, 0.29) is 19.0 Å². The van der Waals surface area contributed by atoms with E-state index < -0.39 is 51.3 Å². The molecule has 0 bridgehead atoms. The van der Waals surface area contributed by atoms with Crippen LogP contribution in [0.25, 0.3) is 0 Å². The molecule has 51 heavy (non-hydrogen) atoms. The molecular formula is C40H81NO9S. The largest absolute Gasteiger partial charge is 0.726 e. The molecule has 0 amide bonds. The highest BCUT2D eigenvalue weighted by Crippen LogP contribution is 2.48. The van der Waals surface area contributed by atoms with Crippen molar-refractivity contribution in [2.75, 3.05) is 6.61 Å². The van der Waals surface area contributed by atoms with Crippen LogP contribution in [0, 0.1) is 5.41 Å². The van der Waals surface area contributed by atoms with Crippen molar-refractivity contribution in [3.05, 3.63) is 0 Å². The maximum Gasteiger partial charge on any atom is 0.217 e. The van der Waals surface area contributed by atoms with Crippen LogP contribution in [0.3, 0.4) is 0 Å². The first kappa shape index (κ1) is 52.2. The molecular weight excluding hydrogens is 671 g/mol. The molecule has 306 valence electrons. The van der Waals surface area contributed by atoms with Crippen LogP contribution < -0.4 is 6.15 Å². The van der Waals surface area contributed by atoms with Gasteiger partial charge >= 0.3 is 0 Å². The molecule has 0 aliphatic carbocycles. The molecule has 0 spiro atoms. The lowest BCUT2D eigenvalue weighted by Gasteiger charge is -2.53. The Hall–Kier alpha value is -0.950. The highest BCUT2D eigenvalue weighted by Gasteiger charge is 2.66. The summed E-state index contributed by atoms with van der Waals surface area (Å²) in [5, 5.41) is 34.4. The number of Topliss-reactive ketones (excluding diaryl/α,β-unsaturated/α-hetero) is 2. The Bertz CT molecular complexity index is 928. The summed E-state index contributed by atoms with van der Waals surface area (Å²) < 4.78 is 39.1. The first-order valence-corrected chi connectivity index (χ1v) is 21.7. The highest BCUT2D eigenvalue weighted by atomic mass is 32.3. The quantitative estimate of drug-likeness (QED) is 0.0273. The van der Waals surface area contributed by atoms with E-state index in [2.05, 4.69) is 18.0 Å². The van der Waals surface area contributed by atoms with Gasteiger partial charge < -0.3 is 26.0 Å². The van der Waals surface area contributed by atoms with Crippen molar-refractivity contribution in [2.24, 2.45) is 5.41 Å². The van der Waals surface area contributed by atoms with Gasteiger partial charge in [0, 0.05) is 12.8 Å². The molecule has 0 aromatic rings. The van der Waals surface area contributed by atoms with Crippen LogP contribution in [0.15, 0.2) is 0 Å². The van der Waals surface area contributed by atoms with Gasteiger partial charge in [0.05, 0.1) is 18.1 Å². The second-order valence-corrected chi connectivity index (χ2v) is 16.3. The molecule has 0 saturated heterocycles. The fourth-order valence-corrected chi connectivity index (χ4v) is 7.78. The molecule has 0 aromatic heterocycles. The molecule has 0 fully saturated rings. The van der Waals surface area contributed by atoms with Gasteiger partial charge in [-0.25, -0.2) is 8.42 Å². The summed E-state index contributed by atoms with van der Waals surface area (Å²) in [7, 11) is -5.35. The number of quaternary nitrogens is 1. The molecule has 10 nitrogen and oxygen atoms in total. The summed E-state index contributed by atoms with van der Waals surface area (Å²) in [5.41, 5.74) is -7.69. The SMILES string of the molecule is CCCCCCCCCCCCCCCC(=O)C(C)(O)C(COS(=O)(=O)[O-])(C(C)O)C(C)(O)C(=O)CCCCCCCCCCCCCCC.[NH4+]. The minimum Gasteiger partial charge on any atom is -0.726 e. The number of ketones is 2. The number of aliphatic hydroxyl groups is 3. The van der Waals surface area contributed by atoms with Gasteiger partial charge in [0.15, 0.2) is 11.6 Å². The average Bonchev–Trinajstić information content (AvgIpc) is 3.04. The molecule has 0 aliphatic heterocycles. The maximum atomic E-state index is 13.5. The molecule has 0 radical (unpaired) electrons. The third-order valence-electron chi connectivity index (χ3n) is 11.0. The first-order valence-electron chi connectivity index (χ1n) is 20.4. The number of carbonyl (C=O) groups excluding carboxylic acids is 2. The van der Waals surface area contributed by atoms with Crippen molar-refractivity contribution in [1.82, 2.24) is 6.15 Å². The smallest absolute Gasteiger partial charge is 0.217 e. The summed E-state index contributed by atoms with van der Waals surface area (Å²) in [5.74, 6) is -1.52. The fourth-order valence-electron chi connectivity index (χ4n) is 7.45. The summed E-state index contributed by atoms with van der Waals surface area (Å²) >= 11 is 0. The summed E-state index contributed by atoms with van der Waals surface area (Å²) in [6.45, 7) is 6.50.